The highest BCUT2D eigenvalue weighted by atomic mass is 32.2. The predicted molar refractivity (Wildman–Crippen MR) is 84.0 cm³/mol. The van der Waals surface area contributed by atoms with E-state index in [0.717, 1.165) is 12.3 Å². The number of rotatable bonds is 4. The van der Waals surface area contributed by atoms with E-state index in [1.807, 2.05) is 0 Å². The minimum Gasteiger partial charge on any atom is -0.320 e. The zero-order valence-electron chi connectivity index (χ0n) is 12.1. The average molecular weight is 322 g/mol. The van der Waals surface area contributed by atoms with Crippen molar-refractivity contribution >= 4 is 27.3 Å². The molecule has 2 aromatic rings. The number of para-hydroxylation sites is 2. The highest BCUT2D eigenvalue weighted by Crippen LogP contribution is 2.23. The van der Waals surface area contributed by atoms with Crippen LogP contribution in [0, 0.1) is 12.7 Å². The molecular formula is C15H15FN2O3S. The Morgan fingerprint density at radius 2 is 1.73 bits per heavy atom. The van der Waals surface area contributed by atoms with Crippen molar-refractivity contribution in [2.75, 3.05) is 16.3 Å². The lowest BCUT2D eigenvalue weighted by molar-refractivity contribution is 0.102. The first-order chi connectivity index (χ1) is 10.3. The second-order valence-corrected chi connectivity index (χ2v) is 6.59. The molecule has 5 nitrogen and oxygen atoms in total. The molecule has 22 heavy (non-hydrogen) atoms. The fourth-order valence-electron chi connectivity index (χ4n) is 1.81. The smallest absolute Gasteiger partial charge is 0.255 e. The van der Waals surface area contributed by atoms with Crippen LogP contribution in [0.25, 0.3) is 0 Å². The normalized spacial score (nSPS) is 11.0. The topological polar surface area (TPSA) is 75.3 Å². The minimum atomic E-state index is -3.47. The van der Waals surface area contributed by atoms with E-state index in [1.165, 1.54) is 18.2 Å². The molecule has 0 saturated carbocycles. The molecule has 0 unspecified atom stereocenters. The van der Waals surface area contributed by atoms with Crippen molar-refractivity contribution in [3.63, 3.8) is 0 Å². The molecule has 0 saturated heterocycles. The van der Waals surface area contributed by atoms with Gasteiger partial charge in [-0.3, -0.25) is 9.52 Å². The lowest BCUT2D eigenvalue weighted by Crippen LogP contribution is -2.16. The van der Waals surface area contributed by atoms with Crippen LogP contribution in [0.2, 0.25) is 0 Å². The number of carbonyl (C=O) groups excluding carboxylic acids is 1. The van der Waals surface area contributed by atoms with E-state index >= 15 is 0 Å². The van der Waals surface area contributed by atoms with Crippen molar-refractivity contribution in [2.45, 2.75) is 6.92 Å². The molecular weight excluding hydrogens is 307 g/mol. The molecule has 0 aliphatic rings. The zero-order chi connectivity index (χ0) is 16.3. The van der Waals surface area contributed by atoms with Crippen LogP contribution >= 0.6 is 0 Å². The van der Waals surface area contributed by atoms with Gasteiger partial charge in [-0.15, -0.1) is 0 Å². The van der Waals surface area contributed by atoms with Gasteiger partial charge in [-0.2, -0.15) is 0 Å². The highest BCUT2D eigenvalue weighted by molar-refractivity contribution is 7.92. The van der Waals surface area contributed by atoms with Gasteiger partial charge >= 0.3 is 0 Å². The number of benzene rings is 2. The summed E-state index contributed by atoms with van der Waals surface area (Å²) in [5.41, 5.74) is 1.12. The molecule has 0 fully saturated rings. The summed E-state index contributed by atoms with van der Waals surface area (Å²) in [7, 11) is -3.47. The number of amides is 1. The Morgan fingerprint density at radius 1 is 1.09 bits per heavy atom. The molecule has 2 aromatic carbocycles. The highest BCUT2D eigenvalue weighted by Gasteiger charge is 2.12. The van der Waals surface area contributed by atoms with Crippen LogP contribution in [0.15, 0.2) is 42.5 Å². The SMILES string of the molecule is Cc1ccc(C(=O)Nc2ccccc2NS(C)(=O)=O)cc1F. The summed E-state index contributed by atoms with van der Waals surface area (Å²) in [5.74, 6) is -1.00. The molecule has 0 aromatic heterocycles. The molecule has 0 aliphatic carbocycles. The minimum absolute atomic E-state index is 0.150. The second-order valence-electron chi connectivity index (χ2n) is 4.84. The molecule has 2 N–H and O–H groups in total. The average Bonchev–Trinajstić information content (AvgIpc) is 2.42. The van der Waals surface area contributed by atoms with Crippen LogP contribution < -0.4 is 10.0 Å². The number of aryl methyl sites for hydroxylation is 1. The molecule has 1 amide bonds. The first-order valence-electron chi connectivity index (χ1n) is 6.40. The number of hydrogen-bond donors (Lipinski definition) is 2. The summed E-state index contributed by atoms with van der Waals surface area (Å²) < 4.78 is 38.5. The van der Waals surface area contributed by atoms with Crippen LogP contribution in [-0.4, -0.2) is 20.6 Å². The quantitative estimate of drug-likeness (QED) is 0.909. The van der Waals surface area contributed by atoms with Gasteiger partial charge in [-0.05, 0) is 36.8 Å². The summed E-state index contributed by atoms with van der Waals surface area (Å²) >= 11 is 0. The lowest BCUT2D eigenvalue weighted by atomic mass is 10.1. The van der Waals surface area contributed by atoms with Crippen LogP contribution in [-0.2, 0) is 10.0 Å². The van der Waals surface area contributed by atoms with E-state index in [2.05, 4.69) is 10.0 Å². The van der Waals surface area contributed by atoms with Gasteiger partial charge in [0.25, 0.3) is 5.91 Å². The molecule has 0 heterocycles. The molecule has 0 spiro atoms. The van der Waals surface area contributed by atoms with E-state index < -0.39 is 21.7 Å². The van der Waals surface area contributed by atoms with Gasteiger partial charge < -0.3 is 5.32 Å². The zero-order valence-corrected chi connectivity index (χ0v) is 12.9. The van der Waals surface area contributed by atoms with Crippen molar-refractivity contribution in [3.05, 3.63) is 59.4 Å². The second kappa shape index (κ2) is 6.15. The summed E-state index contributed by atoms with van der Waals surface area (Å²) in [4.78, 5) is 12.1. The summed E-state index contributed by atoms with van der Waals surface area (Å²) in [6.07, 6.45) is 1.01. The summed E-state index contributed by atoms with van der Waals surface area (Å²) in [6, 6.07) is 10.5. The van der Waals surface area contributed by atoms with Gasteiger partial charge in [0.15, 0.2) is 0 Å². The van der Waals surface area contributed by atoms with Crippen molar-refractivity contribution in [2.24, 2.45) is 0 Å². The number of halogens is 1. The standard InChI is InChI=1S/C15H15FN2O3S/c1-10-7-8-11(9-12(10)16)15(19)17-13-5-3-4-6-14(13)18-22(2,20)21/h3-9,18H,1-2H3,(H,17,19). The first-order valence-corrected chi connectivity index (χ1v) is 8.30. The number of sulfonamides is 1. The molecule has 0 radical (unpaired) electrons. The van der Waals surface area contributed by atoms with E-state index in [0.29, 0.717) is 11.3 Å². The maximum Gasteiger partial charge on any atom is 0.255 e. The third-order valence-corrected chi connectivity index (χ3v) is 3.50. The Bertz CT molecular complexity index is 819. The fraction of sp³-hybridized carbons (Fsp3) is 0.133. The van der Waals surface area contributed by atoms with Crippen molar-refractivity contribution in [1.29, 1.82) is 0 Å². The van der Waals surface area contributed by atoms with Gasteiger partial charge in [-0.1, -0.05) is 18.2 Å². The Morgan fingerprint density at radius 3 is 2.32 bits per heavy atom. The third-order valence-electron chi connectivity index (χ3n) is 2.90. The summed E-state index contributed by atoms with van der Waals surface area (Å²) in [6.45, 7) is 1.60. The Hall–Kier alpha value is -2.41. The van der Waals surface area contributed by atoms with Gasteiger partial charge in [-0.25, -0.2) is 12.8 Å². The van der Waals surface area contributed by atoms with Crippen LogP contribution in [0.3, 0.4) is 0 Å². The monoisotopic (exact) mass is 322 g/mol. The van der Waals surface area contributed by atoms with Gasteiger partial charge in [0, 0.05) is 5.56 Å². The van der Waals surface area contributed by atoms with Gasteiger partial charge in [0.05, 0.1) is 17.6 Å². The van der Waals surface area contributed by atoms with E-state index in [1.54, 1.807) is 25.1 Å². The van der Waals surface area contributed by atoms with Crippen LogP contribution in [0.4, 0.5) is 15.8 Å². The maximum absolute atomic E-state index is 13.5. The number of anilines is 2. The molecule has 7 heteroatoms. The van der Waals surface area contributed by atoms with E-state index in [4.69, 9.17) is 0 Å². The first kappa shape index (κ1) is 16.0. The number of hydrogen-bond acceptors (Lipinski definition) is 3. The Kier molecular flexibility index (Phi) is 4.46. The number of carbonyl (C=O) groups is 1. The van der Waals surface area contributed by atoms with Gasteiger partial charge in [0.2, 0.25) is 10.0 Å². The van der Waals surface area contributed by atoms with Crippen molar-refractivity contribution in [1.82, 2.24) is 0 Å². The third kappa shape index (κ3) is 4.05. The van der Waals surface area contributed by atoms with E-state index in [9.17, 15) is 17.6 Å². The van der Waals surface area contributed by atoms with Crippen LogP contribution in [0.5, 0.6) is 0 Å². The van der Waals surface area contributed by atoms with Crippen molar-refractivity contribution in [3.8, 4) is 0 Å². The van der Waals surface area contributed by atoms with Gasteiger partial charge in [0.1, 0.15) is 5.82 Å². The summed E-state index contributed by atoms with van der Waals surface area (Å²) in [5, 5.41) is 2.56. The Labute approximate surface area is 128 Å². The molecule has 0 bridgehead atoms. The molecule has 0 atom stereocenters. The molecule has 0 aliphatic heterocycles. The fourth-order valence-corrected chi connectivity index (χ4v) is 2.39. The maximum atomic E-state index is 13.5. The largest absolute Gasteiger partial charge is 0.320 e. The van der Waals surface area contributed by atoms with Crippen LogP contribution in [0.1, 0.15) is 15.9 Å². The molecule has 116 valence electrons. The lowest BCUT2D eigenvalue weighted by Gasteiger charge is -2.12. The van der Waals surface area contributed by atoms with E-state index in [-0.39, 0.29) is 11.3 Å². The predicted octanol–water partition coefficient (Wildman–Crippen LogP) is 2.76. The Balaban J connectivity index is 2.27. The number of nitrogens with one attached hydrogen (secondary N) is 2. The van der Waals surface area contributed by atoms with Crippen molar-refractivity contribution < 1.29 is 17.6 Å². The molecule has 2 rings (SSSR count).